The predicted octanol–water partition coefficient (Wildman–Crippen LogP) is 5.20. The summed E-state index contributed by atoms with van der Waals surface area (Å²) in [6, 6.07) is 9.79. The Balaban J connectivity index is 2.00. The van der Waals surface area contributed by atoms with Crippen LogP contribution in [0.1, 0.15) is 18.1 Å². The number of rotatable bonds is 5. The standard InChI is InChI=1S/C16H14ClF3N2O/c1-2-23-15-8-3-11(9-14(15)17)10-21-22-13-6-4-12(5-7-13)16(18,19)20/h3-10,22H,2H2,1H3. The van der Waals surface area contributed by atoms with E-state index in [2.05, 4.69) is 10.5 Å². The lowest BCUT2D eigenvalue weighted by Crippen LogP contribution is -2.04. The summed E-state index contributed by atoms with van der Waals surface area (Å²) in [5, 5.41) is 4.43. The summed E-state index contributed by atoms with van der Waals surface area (Å²) >= 11 is 6.05. The molecule has 2 aromatic rings. The molecule has 0 fully saturated rings. The van der Waals surface area contributed by atoms with Gasteiger partial charge in [-0.2, -0.15) is 18.3 Å². The van der Waals surface area contributed by atoms with Crippen LogP contribution in [0.3, 0.4) is 0 Å². The fraction of sp³-hybridized carbons (Fsp3) is 0.188. The zero-order chi connectivity index (χ0) is 16.9. The highest BCUT2D eigenvalue weighted by atomic mass is 35.5. The quantitative estimate of drug-likeness (QED) is 0.598. The lowest BCUT2D eigenvalue weighted by molar-refractivity contribution is -0.137. The van der Waals surface area contributed by atoms with E-state index in [1.165, 1.54) is 18.3 Å². The third-order valence-electron chi connectivity index (χ3n) is 2.88. The SMILES string of the molecule is CCOc1ccc(C=NNc2ccc(C(F)(F)F)cc2)cc1Cl. The number of benzene rings is 2. The largest absolute Gasteiger partial charge is 0.492 e. The molecule has 0 heterocycles. The van der Waals surface area contributed by atoms with Crippen LogP contribution < -0.4 is 10.2 Å². The van der Waals surface area contributed by atoms with Gasteiger partial charge in [0.1, 0.15) is 5.75 Å². The van der Waals surface area contributed by atoms with Crippen LogP contribution in [0.2, 0.25) is 5.02 Å². The molecule has 122 valence electrons. The highest BCUT2D eigenvalue weighted by molar-refractivity contribution is 6.32. The Bertz CT molecular complexity index is 685. The molecule has 2 aromatic carbocycles. The first-order chi connectivity index (χ1) is 10.9. The number of ether oxygens (including phenoxy) is 1. The molecule has 0 amide bonds. The Morgan fingerprint density at radius 2 is 1.87 bits per heavy atom. The first-order valence-corrected chi connectivity index (χ1v) is 7.16. The molecule has 0 atom stereocenters. The van der Waals surface area contributed by atoms with Gasteiger partial charge in [0.05, 0.1) is 29.1 Å². The lowest BCUT2D eigenvalue weighted by atomic mass is 10.2. The molecule has 0 bridgehead atoms. The van der Waals surface area contributed by atoms with E-state index < -0.39 is 11.7 Å². The van der Waals surface area contributed by atoms with E-state index in [0.717, 1.165) is 17.7 Å². The molecule has 1 N–H and O–H groups in total. The second-order valence-electron chi connectivity index (χ2n) is 4.57. The second kappa shape index (κ2) is 7.37. The van der Waals surface area contributed by atoms with Crippen molar-refractivity contribution < 1.29 is 17.9 Å². The lowest BCUT2D eigenvalue weighted by Gasteiger charge is -2.07. The van der Waals surface area contributed by atoms with Gasteiger partial charge >= 0.3 is 6.18 Å². The van der Waals surface area contributed by atoms with Crippen molar-refractivity contribution in [2.75, 3.05) is 12.0 Å². The van der Waals surface area contributed by atoms with E-state index in [0.29, 0.717) is 23.1 Å². The number of hydrogen-bond donors (Lipinski definition) is 1. The smallest absolute Gasteiger partial charge is 0.416 e. The van der Waals surface area contributed by atoms with E-state index in [1.54, 1.807) is 18.2 Å². The van der Waals surface area contributed by atoms with Crippen LogP contribution in [-0.4, -0.2) is 12.8 Å². The zero-order valence-corrected chi connectivity index (χ0v) is 12.9. The first kappa shape index (κ1) is 17.1. The molecule has 23 heavy (non-hydrogen) atoms. The van der Waals surface area contributed by atoms with Gasteiger partial charge in [0.15, 0.2) is 0 Å². The molecule has 0 aliphatic carbocycles. The predicted molar refractivity (Wildman–Crippen MR) is 85.3 cm³/mol. The molecular weight excluding hydrogens is 329 g/mol. The van der Waals surface area contributed by atoms with Crippen molar-refractivity contribution in [1.29, 1.82) is 0 Å². The van der Waals surface area contributed by atoms with Crippen LogP contribution in [0.4, 0.5) is 18.9 Å². The van der Waals surface area contributed by atoms with Crippen LogP contribution in [-0.2, 0) is 6.18 Å². The van der Waals surface area contributed by atoms with Gasteiger partial charge in [-0.3, -0.25) is 5.43 Å². The van der Waals surface area contributed by atoms with Gasteiger partial charge in [0, 0.05) is 0 Å². The summed E-state index contributed by atoms with van der Waals surface area (Å²) in [4.78, 5) is 0. The zero-order valence-electron chi connectivity index (χ0n) is 12.2. The topological polar surface area (TPSA) is 33.6 Å². The Labute approximate surface area is 136 Å². The van der Waals surface area contributed by atoms with Crippen LogP contribution in [0.25, 0.3) is 0 Å². The van der Waals surface area contributed by atoms with Crippen LogP contribution in [0.15, 0.2) is 47.6 Å². The average molecular weight is 343 g/mol. The fourth-order valence-corrected chi connectivity index (χ4v) is 2.03. The maximum atomic E-state index is 12.4. The van der Waals surface area contributed by atoms with Crippen molar-refractivity contribution in [3.63, 3.8) is 0 Å². The molecule has 0 aliphatic heterocycles. The Kier molecular flexibility index (Phi) is 5.50. The summed E-state index contributed by atoms with van der Waals surface area (Å²) in [6.45, 7) is 2.38. The van der Waals surface area contributed by atoms with Crippen LogP contribution in [0.5, 0.6) is 5.75 Å². The highest BCUT2D eigenvalue weighted by Crippen LogP contribution is 2.29. The minimum atomic E-state index is -4.35. The number of hydrazone groups is 1. The number of hydrogen-bond acceptors (Lipinski definition) is 3. The molecule has 0 spiro atoms. The maximum absolute atomic E-state index is 12.4. The third-order valence-corrected chi connectivity index (χ3v) is 3.17. The van der Waals surface area contributed by atoms with Crippen molar-refractivity contribution in [2.24, 2.45) is 5.10 Å². The van der Waals surface area contributed by atoms with E-state index in [-0.39, 0.29) is 0 Å². The molecule has 0 aromatic heterocycles. The summed E-state index contributed by atoms with van der Waals surface area (Å²) in [5.74, 6) is 0.585. The summed E-state index contributed by atoms with van der Waals surface area (Å²) < 4.78 is 42.7. The van der Waals surface area contributed by atoms with Gasteiger partial charge in [-0.15, -0.1) is 0 Å². The van der Waals surface area contributed by atoms with Gasteiger partial charge in [-0.1, -0.05) is 11.6 Å². The van der Waals surface area contributed by atoms with E-state index >= 15 is 0 Å². The molecule has 2 rings (SSSR count). The summed E-state index contributed by atoms with van der Waals surface area (Å²) in [5.41, 5.74) is 3.14. The van der Waals surface area contributed by atoms with Gasteiger partial charge in [-0.05, 0) is 55.0 Å². The molecule has 0 saturated carbocycles. The molecule has 0 unspecified atom stereocenters. The van der Waals surface area contributed by atoms with Crippen molar-refractivity contribution in [1.82, 2.24) is 0 Å². The van der Waals surface area contributed by atoms with Gasteiger partial charge in [-0.25, -0.2) is 0 Å². The molecule has 7 heteroatoms. The summed E-state index contributed by atoms with van der Waals surface area (Å²) in [7, 11) is 0. The van der Waals surface area contributed by atoms with Gasteiger partial charge in [0.2, 0.25) is 0 Å². The normalized spacial score (nSPS) is 11.7. The number of halogens is 4. The van der Waals surface area contributed by atoms with Crippen molar-refractivity contribution >= 4 is 23.5 Å². The van der Waals surface area contributed by atoms with Crippen molar-refractivity contribution in [3.05, 3.63) is 58.6 Å². The van der Waals surface area contributed by atoms with Gasteiger partial charge < -0.3 is 4.74 Å². The molecule has 0 saturated heterocycles. The molecule has 0 radical (unpaired) electrons. The fourth-order valence-electron chi connectivity index (χ4n) is 1.79. The highest BCUT2D eigenvalue weighted by Gasteiger charge is 2.29. The minimum Gasteiger partial charge on any atom is -0.492 e. The number of nitrogens with one attached hydrogen (secondary N) is 1. The first-order valence-electron chi connectivity index (χ1n) is 6.79. The monoisotopic (exact) mass is 342 g/mol. The van der Waals surface area contributed by atoms with E-state index in [1.807, 2.05) is 6.92 Å². The van der Waals surface area contributed by atoms with Crippen LogP contribution >= 0.6 is 11.6 Å². The molecule has 3 nitrogen and oxygen atoms in total. The van der Waals surface area contributed by atoms with Crippen molar-refractivity contribution in [2.45, 2.75) is 13.1 Å². The Morgan fingerprint density at radius 3 is 2.43 bits per heavy atom. The number of nitrogens with zero attached hydrogens (tertiary/aromatic N) is 1. The van der Waals surface area contributed by atoms with E-state index in [4.69, 9.17) is 16.3 Å². The van der Waals surface area contributed by atoms with E-state index in [9.17, 15) is 13.2 Å². The Hall–Kier alpha value is -2.21. The Morgan fingerprint density at radius 1 is 1.17 bits per heavy atom. The number of alkyl halides is 3. The second-order valence-corrected chi connectivity index (χ2v) is 4.98. The third kappa shape index (κ3) is 4.89. The van der Waals surface area contributed by atoms with Crippen LogP contribution in [0, 0.1) is 0 Å². The van der Waals surface area contributed by atoms with Crippen molar-refractivity contribution in [3.8, 4) is 5.75 Å². The number of anilines is 1. The van der Waals surface area contributed by atoms with Gasteiger partial charge in [0.25, 0.3) is 0 Å². The molecule has 0 aliphatic rings. The summed E-state index contributed by atoms with van der Waals surface area (Å²) in [6.07, 6.45) is -2.83. The average Bonchev–Trinajstić information content (AvgIpc) is 2.50. The minimum absolute atomic E-state index is 0.450. The molecular formula is C16H14ClF3N2O. The maximum Gasteiger partial charge on any atom is 0.416 e.